The quantitative estimate of drug-likeness (QED) is 0.0335. The van der Waals surface area contributed by atoms with E-state index >= 15 is 0 Å². The minimum absolute atomic E-state index is 0.239. The molecule has 1 amide bonds. The summed E-state index contributed by atoms with van der Waals surface area (Å²) in [5.74, 6) is -1.06. The van der Waals surface area contributed by atoms with E-state index in [1.54, 1.807) is 6.08 Å². The number of allylic oxidation sites excluding steroid dienone is 15. The lowest BCUT2D eigenvalue weighted by atomic mass is 10.1. The summed E-state index contributed by atoms with van der Waals surface area (Å²) in [6.45, 7) is 4.40. The van der Waals surface area contributed by atoms with Gasteiger partial charge in [-0.15, -0.1) is 0 Å². The van der Waals surface area contributed by atoms with Crippen LogP contribution in [-0.4, -0.2) is 41.9 Å². The van der Waals surface area contributed by atoms with Crippen molar-refractivity contribution in [2.24, 2.45) is 0 Å². The average molecular weight is 756 g/mol. The number of unbranched alkanes of at least 4 members (excludes halogenated alkanes) is 14. The van der Waals surface area contributed by atoms with Crippen molar-refractivity contribution >= 4 is 16.0 Å². The first-order chi connectivity index (χ1) is 25.8. The molecule has 0 radical (unpaired) electrons. The Morgan fingerprint density at radius 2 is 0.925 bits per heavy atom. The van der Waals surface area contributed by atoms with Crippen molar-refractivity contribution in [1.82, 2.24) is 5.32 Å². The highest BCUT2D eigenvalue weighted by Gasteiger charge is 2.24. The van der Waals surface area contributed by atoms with Gasteiger partial charge < -0.3 is 10.4 Å². The molecule has 0 aromatic rings. The summed E-state index contributed by atoms with van der Waals surface area (Å²) in [5, 5.41) is 13.2. The van der Waals surface area contributed by atoms with Crippen molar-refractivity contribution < 1.29 is 22.9 Å². The number of carbonyl (C=O) groups excluding carboxylic acids is 1. The topological polar surface area (TPSA) is 104 Å². The van der Waals surface area contributed by atoms with Gasteiger partial charge in [-0.1, -0.05) is 169 Å². The number of amides is 1. The Kier molecular flexibility index (Phi) is 37.0. The molecule has 0 spiro atoms. The number of aliphatic hydroxyl groups is 1. The highest BCUT2D eigenvalue weighted by Crippen LogP contribution is 2.11. The van der Waals surface area contributed by atoms with Crippen LogP contribution in [0.4, 0.5) is 0 Å². The largest absolute Gasteiger partial charge is 0.387 e. The van der Waals surface area contributed by atoms with E-state index in [-0.39, 0.29) is 12.3 Å². The van der Waals surface area contributed by atoms with Crippen molar-refractivity contribution in [3.8, 4) is 0 Å². The maximum absolute atomic E-state index is 12.5. The lowest BCUT2D eigenvalue weighted by Gasteiger charge is -2.21. The fraction of sp³-hybridized carbons (Fsp3) is 0.630. The van der Waals surface area contributed by atoms with Crippen molar-refractivity contribution in [3.63, 3.8) is 0 Å². The molecule has 302 valence electrons. The molecule has 0 bridgehead atoms. The molecule has 0 saturated heterocycles. The Bertz CT molecular complexity index is 1190. The van der Waals surface area contributed by atoms with E-state index in [4.69, 9.17) is 0 Å². The van der Waals surface area contributed by atoms with Gasteiger partial charge in [0.25, 0.3) is 10.1 Å². The van der Waals surface area contributed by atoms with Gasteiger partial charge in [-0.05, 0) is 89.9 Å². The number of hydrogen-bond acceptors (Lipinski definition) is 4. The molecule has 0 aromatic carbocycles. The smallest absolute Gasteiger partial charge is 0.267 e. The molecule has 2 atom stereocenters. The van der Waals surface area contributed by atoms with Crippen LogP contribution in [0.15, 0.2) is 97.2 Å². The zero-order chi connectivity index (χ0) is 38.9. The molecule has 6 nitrogen and oxygen atoms in total. The Hall–Kier alpha value is -2.74. The second kappa shape index (κ2) is 39.0. The molecule has 0 aliphatic rings. The number of rotatable bonds is 36. The van der Waals surface area contributed by atoms with Gasteiger partial charge in [-0.25, -0.2) is 0 Å². The van der Waals surface area contributed by atoms with Crippen LogP contribution < -0.4 is 5.32 Å². The standard InChI is InChI=1S/C46H77NO5S/c1-3-5-7-9-11-13-15-17-19-21-23-25-27-29-31-33-35-37-39-41-45(48)44(43-53(50,51)52)47-46(49)42-40-38-36-34-32-30-28-26-24-22-20-18-16-14-12-10-8-6-4-2/h6,8,12,14,18,20,23-26,30-33,39,41,44-45,48H,3-5,7,9-11,13,15-17,19,21-22,27-29,34-38,40,42-43H2,1-2H3,(H,47,49)(H,50,51,52)/b8-6-,14-12-,20-18-,25-23+,26-24-,32-30-,33-31+,41-39+. The molecule has 0 aliphatic carbocycles. The van der Waals surface area contributed by atoms with E-state index in [0.29, 0.717) is 12.8 Å². The monoisotopic (exact) mass is 756 g/mol. The molecule has 0 saturated carbocycles. The predicted octanol–water partition coefficient (Wildman–Crippen LogP) is 12.6. The molecule has 0 heterocycles. The summed E-state index contributed by atoms with van der Waals surface area (Å²) in [6.07, 6.45) is 58.2. The molecule has 0 fully saturated rings. The van der Waals surface area contributed by atoms with E-state index in [1.165, 1.54) is 63.9 Å². The summed E-state index contributed by atoms with van der Waals surface area (Å²) in [7, 11) is -4.38. The molecule has 0 aromatic heterocycles. The Labute approximate surface area is 326 Å². The van der Waals surface area contributed by atoms with Crippen LogP contribution in [-0.2, 0) is 14.9 Å². The zero-order valence-electron chi connectivity index (χ0n) is 33.6. The van der Waals surface area contributed by atoms with Crippen LogP contribution in [0.3, 0.4) is 0 Å². The van der Waals surface area contributed by atoms with Gasteiger partial charge in [0.15, 0.2) is 0 Å². The first-order valence-corrected chi connectivity index (χ1v) is 22.5. The molecular formula is C46H77NO5S. The Morgan fingerprint density at radius 1 is 0.528 bits per heavy atom. The van der Waals surface area contributed by atoms with Crippen LogP contribution in [0.1, 0.15) is 168 Å². The van der Waals surface area contributed by atoms with E-state index in [9.17, 15) is 22.9 Å². The first-order valence-electron chi connectivity index (χ1n) is 20.9. The minimum atomic E-state index is -4.38. The van der Waals surface area contributed by atoms with E-state index in [0.717, 1.165) is 77.0 Å². The second-order valence-electron chi connectivity index (χ2n) is 13.9. The molecular weight excluding hydrogens is 679 g/mol. The number of aliphatic hydroxyl groups excluding tert-OH is 1. The molecule has 0 aliphatic heterocycles. The molecule has 0 rings (SSSR count). The third-order valence-electron chi connectivity index (χ3n) is 8.72. The van der Waals surface area contributed by atoms with Crippen LogP contribution in [0.25, 0.3) is 0 Å². The average Bonchev–Trinajstić information content (AvgIpc) is 3.12. The van der Waals surface area contributed by atoms with Crippen molar-refractivity contribution in [1.29, 1.82) is 0 Å². The summed E-state index contributed by atoms with van der Waals surface area (Å²) >= 11 is 0. The molecule has 2 unspecified atom stereocenters. The number of nitrogens with one attached hydrogen (secondary N) is 1. The third-order valence-corrected chi connectivity index (χ3v) is 9.50. The lowest BCUT2D eigenvalue weighted by Crippen LogP contribution is -2.46. The first kappa shape index (κ1) is 50.3. The van der Waals surface area contributed by atoms with Crippen molar-refractivity contribution in [3.05, 3.63) is 97.2 Å². The molecule has 53 heavy (non-hydrogen) atoms. The minimum Gasteiger partial charge on any atom is -0.387 e. The van der Waals surface area contributed by atoms with E-state index in [1.807, 2.05) is 0 Å². The fourth-order valence-electron chi connectivity index (χ4n) is 5.62. The summed E-state index contributed by atoms with van der Waals surface area (Å²) < 4.78 is 32.5. The summed E-state index contributed by atoms with van der Waals surface area (Å²) in [5.41, 5.74) is 0. The van der Waals surface area contributed by atoms with Gasteiger partial charge in [-0.3, -0.25) is 9.35 Å². The fourth-order valence-corrected chi connectivity index (χ4v) is 6.36. The lowest BCUT2D eigenvalue weighted by molar-refractivity contribution is -0.122. The van der Waals surface area contributed by atoms with Gasteiger partial charge in [-0.2, -0.15) is 8.42 Å². The number of hydrogen-bond donors (Lipinski definition) is 3. The van der Waals surface area contributed by atoms with Gasteiger partial charge >= 0.3 is 0 Å². The van der Waals surface area contributed by atoms with Gasteiger partial charge in [0.05, 0.1) is 17.9 Å². The van der Waals surface area contributed by atoms with Crippen molar-refractivity contribution in [2.75, 3.05) is 5.75 Å². The van der Waals surface area contributed by atoms with Crippen LogP contribution in [0.5, 0.6) is 0 Å². The van der Waals surface area contributed by atoms with Crippen molar-refractivity contribution in [2.45, 2.75) is 180 Å². The van der Waals surface area contributed by atoms with Gasteiger partial charge in [0, 0.05) is 6.42 Å². The predicted molar refractivity (Wildman–Crippen MR) is 230 cm³/mol. The summed E-state index contributed by atoms with van der Waals surface area (Å²) in [6, 6.07) is -1.10. The van der Waals surface area contributed by atoms with E-state index < -0.39 is 28.0 Å². The molecule has 7 heteroatoms. The normalized spacial score (nSPS) is 14.3. The highest BCUT2D eigenvalue weighted by molar-refractivity contribution is 7.85. The third kappa shape index (κ3) is 40.3. The van der Waals surface area contributed by atoms with Crippen LogP contribution >= 0.6 is 0 Å². The maximum Gasteiger partial charge on any atom is 0.267 e. The molecule has 3 N–H and O–H groups in total. The zero-order valence-corrected chi connectivity index (χ0v) is 34.4. The maximum atomic E-state index is 12.5. The number of carbonyl (C=O) groups is 1. The summed E-state index contributed by atoms with van der Waals surface area (Å²) in [4.78, 5) is 12.5. The Balaban J connectivity index is 4.10. The van der Waals surface area contributed by atoms with Gasteiger partial charge in [0.1, 0.15) is 0 Å². The highest BCUT2D eigenvalue weighted by atomic mass is 32.2. The van der Waals surface area contributed by atoms with E-state index in [2.05, 4.69) is 104 Å². The van der Waals surface area contributed by atoms with Gasteiger partial charge in [0.2, 0.25) is 5.91 Å². The van der Waals surface area contributed by atoms with Crippen LogP contribution in [0.2, 0.25) is 0 Å². The van der Waals surface area contributed by atoms with Crippen LogP contribution in [0, 0.1) is 0 Å². The second-order valence-corrected chi connectivity index (χ2v) is 15.4. The Morgan fingerprint density at radius 3 is 1.42 bits per heavy atom. The SMILES string of the molecule is CC/C=C\C/C=C\C/C=C\C/C=C\C/C=C\CCCCCC(=O)NC(CS(=O)(=O)O)C(O)/C=C/CC/C=C/CC/C=C/CCCCCCCCCCC.